The number of hydrogen-bond donors (Lipinski definition) is 3. The first-order valence-electron chi connectivity index (χ1n) is 7.31. The van der Waals surface area contributed by atoms with Gasteiger partial charge >= 0.3 is 6.03 Å². The van der Waals surface area contributed by atoms with Crippen LogP contribution < -0.4 is 16.0 Å². The quantitative estimate of drug-likeness (QED) is 0.729. The summed E-state index contributed by atoms with van der Waals surface area (Å²) in [5.41, 5.74) is 0.333. The van der Waals surface area contributed by atoms with Crippen molar-refractivity contribution in [3.8, 4) is 0 Å². The summed E-state index contributed by atoms with van der Waals surface area (Å²) in [5.74, 6) is -0.278. The van der Waals surface area contributed by atoms with Crippen molar-refractivity contribution in [2.24, 2.45) is 0 Å². The Morgan fingerprint density at radius 2 is 1.83 bits per heavy atom. The summed E-state index contributed by atoms with van der Waals surface area (Å²) in [4.78, 5) is 23.9. The van der Waals surface area contributed by atoms with Crippen molar-refractivity contribution in [1.29, 1.82) is 0 Å². The average Bonchev–Trinajstić information content (AvgIpc) is 2.46. The lowest BCUT2D eigenvalue weighted by Gasteiger charge is -2.17. The van der Waals surface area contributed by atoms with Gasteiger partial charge in [0.25, 0.3) is 0 Å². The first-order chi connectivity index (χ1) is 10.6. The molecule has 0 fully saturated rings. The van der Waals surface area contributed by atoms with Crippen molar-refractivity contribution >= 4 is 27.5 Å². The second-order valence-corrected chi connectivity index (χ2v) is 7.45. The van der Waals surface area contributed by atoms with Crippen LogP contribution in [0.15, 0.2) is 29.2 Å². The molecule has 0 saturated heterocycles. The lowest BCUT2D eigenvalue weighted by molar-refractivity contribution is -0.123. The number of rotatable bonds is 6. The van der Waals surface area contributed by atoms with E-state index in [4.69, 9.17) is 0 Å². The monoisotopic (exact) mass is 341 g/mol. The highest BCUT2D eigenvalue weighted by molar-refractivity contribution is 7.90. The van der Waals surface area contributed by atoms with Crippen molar-refractivity contribution in [1.82, 2.24) is 10.6 Å². The van der Waals surface area contributed by atoms with Crippen molar-refractivity contribution in [2.75, 3.05) is 11.6 Å². The summed E-state index contributed by atoms with van der Waals surface area (Å²) in [6.45, 7) is 5.40. The lowest BCUT2D eigenvalue weighted by atomic mass is 10.2. The third-order valence-electron chi connectivity index (χ3n) is 3.26. The van der Waals surface area contributed by atoms with Crippen LogP contribution in [0.3, 0.4) is 0 Å². The van der Waals surface area contributed by atoms with Crippen molar-refractivity contribution in [3.05, 3.63) is 24.3 Å². The minimum atomic E-state index is -3.35. The predicted octanol–water partition coefficient (Wildman–Crippen LogP) is 1.51. The summed E-state index contributed by atoms with van der Waals surface area (Å²) >= 11 is 0. The maximum atomic E-state index is 11.9. The highest BCUT2D eigenvalue weighted by Crippen LogP contribution is 2.15. The second-order valence-electron chi connectivity index (χ2n) is 5.44. The van der Waals surface area contributed by atoms with Gasteiger partial charge in [-0.1, -0.05) is 13.0 Å². The highest BCUT2D eigenvalue weighted by Gasteiger charge is 2.17. The van der Waals surface area contributed by atoms with E-state index in [0.29, 0.717) is 5.69 Å². The van der Waals surface area contributed by atoms with E-state index in [0.717, 1.165) is 12.7 Å². The molecule has 2 atom stereocenters. The van der Waals surface area contributed by atoms with E-state index < -0.39 is 21.9 Å². The Bertz CT molecular complexity index is 673. The number of urea groups is 1. The standard InChI is InChI=1S/C15H23N3O4S/c1-5-10(2)16-14(19)11(3)17-15(20)18-12-7-6-8-13(9-12)23(4,21)22/h6-11H,5H2,1-4H3,(H,16,19)(H2,17,18,20)/t10-,11-/m0/s1. The third-order valence-corrected chi connectivity index (χ3v) is 4.37. The molecule has 1 rings (SSSR count). The van der Waals surface area contributed by atoms with Gasteiger partial charge in [0, 0.05) is 18.0 Å². The molecule has 1 aromatic rings. The fourth-order valence-electron chi connectivity index (χ4n) is 1.70. The van der Waals surface area contributed by atoms with Gasteiger partial charge in [0.15, 0.2) is 9.84 Å². The van der Waals surface area contributed by atoms with Crippen molar-refractivity contribution < 1.29 is 18.0 Å². The smallest absolute Gasteiger partial charge is 0.319 e. The number of amides is 3. The number of benzene rings is 1. The summed E-state index contributed by atoms with van der Waals surface area (Å²) < 4.78 is 23.0. The van der Waals surface area contributed by atoms with Gasteiger partial charge in [-0.05, 0) is 38.5 Å². The van der Waals surface area contributed by atoms with Crippen LogP contribution in [0, 0.1) is 0 Å². The minimum absolute atomic E-state index is 0.0289. The lowest BCUT2D eigenvalue weighted by Crippen LogP contribution is -2.48. The molecular weight excluding hydrogens is 318 g/mol. The maximum absolute atomic E-state index is 11.9. The number of carbonyl (C=O) groups is 2. The fourth-order valence-corrected chi connectivity index (χ4v) is 2.37. The van der Waals surface area contributed by atoms with E-state index >= 15 is 0 Å². The van der Waals surface area contributed by atoms with Gasteiger partial charge in [0.1, 0.15) is 6.04 Å². The van der Waals surface area contributed by atoms with Gasteiger partial charge in [-0.15, -0.1) is 0 Å². The van der Waals surface area contributed by atoms with Gasteiger partial charge in [-0.25, -0.2) is 13.2 Å². The highest BCUT2D eigenvalue weighted by atomic mass is 32.2. The predicted molar refractivity (Wildman–Crippen MR) is 89.1 cm³/mol. The summed E-state index contributed by atoms with van der Waals surface area (Å²) in [6, 6.07) is 4.65. The fraction of sp³-hybridized carbons (Fsp3) is 0.467. The molecule has 0 aliphatic heterocycles. The molecular formula is C15H23N3O4S. The first kappa shape index (κ1) is 19.0. The molecule has 0 heterocycles. The zero-order valence-corrected chi connectivity index (χ0v) is 14.5. The molecule has 0 aromatic heterocycles. The molecule has 128 valence electrons. The number of nitrogens with one attached hydrogen (secondary N) is 3. The third kappa shape index (κ3) is 6.27. The number of hydrogen-bond acceptors (Lipinski definition) is 4. The first-order valence-corrected chi connectivity index (χ1v) is 9.20. The van der Waals surface area contributed by atoms with Gasteiger partial charge in [-0.2, -0.15) is 0 Å². The second kappa shape index (κ2) is 7.96. The van der Waals surface area contributed by atoms with Gasteiger partial charge in [0.05, 0.1) is 4.90 Å². The number of sulfone groups is 1. The molecule has 0 radical (unpaired) electrons. The van der Waals surface area contributed by atoms with Crippen molar-refractivity contribution in [3.63, 3.8) is 0 Å². The molecule has 0 aliphatic rings. The van der Waals surface area contributed by atoms with E-state index in [1.165, 1.54) is 18.2 Å². The molecule has 0 bridgehead atoms. The molecule has 3 amide bonds. The van der Waals surface area contributed by atoms with Crippen LogP contribution in [0.4, 0.5) is 10.5 Å². The number of anilines is 1. The molecule has 7 nitrogen and oxygen atoms in total. The Kier molecular flexibility index (Phi) is 6.56. The molecule has 0 spiro atoms. The van der Waals surface area contributed by atoms with Crippen LogP contribution in [0.1, 0.15) is 27.2 Å². The summed E-state index contributed by atoms with van der Waals surface area (Å²) in [7, 11) is -3.35. The molecule has 0 saturated carbocycles. The van der Waals surface area contributed by atoms with Crippen LogP contribution in [0.25, 0.3) is 0 Å². The molecule has 0 aliphatic carbocycles. The average molecular weight is 341 g/mol. The van der Waals surface area contributed by atoms with E-state index in [9.17, 15) is 18.0 Å². The van der Waals surface area contributed by atoms with Gasteiger partial charge in [-0.3, -0.25) is 4.79 Å². The Morgan fingerprint density at radius 1 is 1.17 bits per heavy atom. The molecule has 23 heavy (non-hydrogen) atoms. The van der Waals surface area contributed by atoms with E-state index in [1.807, 2.05) is 13.8 Å². The summed E-state index contributed by atoms with van der Waals surface area (Å²) in [5, 5.41) is 7.78. The van der Waals surface area contributed by atoms with Gasteiger partial charge in [0.2, 0.25) is 5.91 Å². The minimum Gasteiger partial charge on any atom is -0.352 e. The van der Waals surface area contributed by atoms with Crippen LogP contribution in [0.2, 0.25) is 0 Å². The zero-order chi connectivity index (χ0) is 17.6. The van der Waals surface area contributed by atoms with Crippen LogP contribution in [0.5, 0.6) is 0 Å². The molecule has 0 unspecified atom stereocenters. The SMILES string of the molecule is CC[C@H](C)NC(=O)[C@H](C)NC(=O)Nc1cccc(S(C)(=O)=O)c1. The van der Waals surface area contributed by atoms with Crippen LogP contribution >= 0.6 is 0 Å². The van der Waals surface area contributed by atoms with Crippen LogP contribution in [-0.2, 0) is 14.6 Å². The Hall–Kier alpha value is -2.09. The van der Waals surface area contributed by atoms with Crippen molar-refractivity contribution in [2.45, 2.75) is 44.2 Å². The Balaban J connectivity index is 2.65. The summed E-state index contributed by atoms with van der Waals surface area (Å²) in [6.07, 6.45) is 1.89. The van der Waals surface area contributed by atoms with Crippen LogP contribution in [-0.4, -0.2) is 38.7 Å². The Morgan fingerprint density at radius 3 is 2.39 bits per heavy atom. The van der Waals surface area contributed by atoms with E-state index in [2.05, 4.69) is 16.0 Å². The molecule has 8 heteroatoms. The topological polar surface area (TPSA) is 104 Å². The normalized spacial score (nSPS) is 13.7. The van der Waals surface area contributed by atoms with E-state index in [1.54, 1.807) is 13.0 Å². The van der Waals surface area contributed by atoms with E-state index in [-0.39, 0.29) is 16.8 Å². The largest absolute Gasteiger partial charge is 0.352 e. The molecule has 3 N–H and O–H groups in total. The molecule has 1 aromatic carbocycles. The van der Waals surface area contributed by atoms with Gasteiger partial charge < -0.3 is 16.0 Å². The number of carbonyl (C=O) groups excluding carboxylic acids is 2. The zero-order valence-electron chi connectivity index (χ0n) is 13.7. The maximum Gasteiger partial charge on any atom is 0.319 e. The Labute approximate surface area is 136 Å².